The van der Waals surface area contributed by atoms with Crippen LogP contribution in [-0.4, -0.2) is 26.8 Å². The van der Waals surface area contributed by atoms with Crippen LogP contribution in [0.3, 0.4) is 0 Å². The number of hydrogen-bond acceptors (Lipinski definition) is 5. The van der Waals surface area contributed by atoms with Crippen LogP contribution in [0.1, 0.15) is 34.7 Å². The number of hydrogen-bond donors (Lipinski definition) is 2. The molecule has 5 aromatic rings. The van der Waals surface area contributed by atoms with Gasteiger partial charge in [0.1, 0.15) is 18.0 Å². The standard InChI is InChI=1S/C32H24FN5O2/c1-2-30(39)37-25-5-3-4-21(13-25)27-14-23(12-24-17-34-18-36-31(24)27)26-9-8-22(15-28(26)33)32(40)38-29-16-20(10-11-35-29)19-6-7-19/h2-5,8-19H,1,6-7H2,(H,37,39)(H,35,38,40). The molecule has 0 spiro atoms. The number of nitrogens with zero attached hydrogens (tertiary/aromatic N) is 3. The molecule has 7 nitrogen and oxygen atoms in total. The van der Waals surface area contributed by atoms with Gasteiger partial charge in [0, 0.05) is 40.2 Å². The van der Waals surface area contributed by atoms with Gasteiger partial charge in [-0.1, -0.05) is 24.8 Å². The van der Waals surface area contributed by atoms with E-state index in [2.05, 4.69) is 32.2 Å². The van der Waals surface area contributed by atoms with Crippen LogP contribution in [0.4, 0.5) is 15.9 Å². The van der Waals surface area contributed by atoms with E-state index in [1.54, 1.807) is 30.6 Å². The number of fused-ring (bicyclic) bond motifs is 1. The molecule has 2 amide bonds. The molecule has 196 valence electrons. The fourth-order valence-electron chi connectivity index (χ4n) is 4.70. The number of benzene rings is 3. The largest absolute Gasteiger partial charge is 0.323 e. The molecular formula is C32H24FN5O2. The van der Waals surface area contributed by atoms with Crippen LogP contribution in [0.2, 0.25) is 0 Å². The predicted molar refractivity (Wildman–Crippen MR) is 153 cm³/mol. The zero-order chi connectivity index (χ0) is 27.6. The first kappa shape index (κ1) is 25.1. The van der Waals surface area contributed by atoms with E-state index in [1.165, 1.54) is 18.5 Å². The van der Waals surface area contributed by atoms with Gasteiger partial charge >= 0.3 is 0 Å². The topological polar surface area (TPSA) is 96.9 Å². The van der Waals surface area contributed by atoms with Crippen molar-refractivity contribution < 1.29 is 14.0 Å². The quantitative estimate of drug-likeness (QED) is 0.227. The molecule has 0 unspecified atom stereocenters. The Morgan fingerprint density at radius 2 is 1.80 bits per heavy atom. The first-order chi connectivity index (χ1) is 19.5. The van der Waals surface area contributed by atoms with Crippen molar-refractivity contribution in [3.63, 3.8) is 0 Å². The zero-order valence-electron chi connectivity index (χ0n) is 21.4. The molecule has 1 aliphatic carbocycles. The van der Waals surface area contributed by atoms with Crippen molar-refractivity contribution >= 4 is 34.2 Å². The Labute approximate surface area is 229 Å². The van der Waals surface area contributed by atoms with Gasteiger partial charge < -0.3 is 10.6 Å². The van der Waals surface area contributed by atoms with Gasteiger partial charge in [-0.2, -0.15) is 0 Å². The summed E-state index contributed by atoms with van der Waals surface area (Å²) in [4.78, 5) is 37.5. The molecule has 40 heavy (non-hydrogen) atoms. The summed E-state index contributed by atoms with van der Waals surface area (Å²) in [6.07, 6.45) is 8.29. The zero-order valence-corrected chi connectivity index (χ0v) is 21.4. The van der Waals surface area contributed by atoms with Crippen LogP contribution in [0, 0.1) is 5.82 Å². The van der Waals surface area contributed by atoms with Crippen molar-refractivity contribution in [2.75, 3.05) is 10.6 Å². The Morgan fingerprint density at radius 3 is 2.60 bits per heavy atom. The normalized spacial score (nSPS) is 12.6. The van der Waals surface area contributed by atoms with E-state index in [0.29, 0.717) is 34.1 Å². The van der Waals surface area contributed by atoms with Gasteiger partial charge in [-0.25, -0.2) is 19.3 Å². The molecule has 6 rings (SSSR count). The number of rotatable bonds is 7. The first-order valence-electron chi connectivity index (χ1n) is 12.8. The lowest BCUT2D eigenvalue weighted by molar-refractivity contribution is -0.111. The van der Waals surface area contributed by atoms with Crippen LogP contribution < -0.4 is 10.6 Å². The Balaban J connectivity index is 1.33. The van der Waals surface area contributed by atoms with E-state index in [0.717, 1.165) is 34.9 Å². The number of pyridine rings is 1. The summed E-state index contributed by atoms with van der Waals surface area (Å²) >= 11 is 0. The van der Waals surface area contributed by atoms with Gasteiger partial charge in [0.05, 0.1) is 5.52 Å². The minimum absolute atomic E-state index is 0.190. The van der Waals surface area contributed by atoms with Crippen molar-refractivity contribution in [1.29, 1.82) is 0 Å². The summed E-state index contributed by atoms with van der Waals surface area (Å²) in [6, 6.07) is 19.2. The van der Waals surface area contributed by atoms with E-state index in [-0.39, 0.29) is 11.5 Å². The molecule has 0 aliphatic heterocycles. The SMILES string of the molecule is C=CC(=O)Nc1cccc(-c2cc(-c3ccc(C(=O)Nc4cc(C5CC5)ccn4)cc3F)cc3cncnc23)c1. The van der Waals surface area contributed by atoms with Crippen molar-refractivity contribution in [3.8, 4) is 22.3 Å². The van der Waals surface area contributed by atoms with Crippen molar-refractivity contribution in [1.82, 2.24) is 15.0 Å². The molecule has 0 radical (unpaired) electrons. The van der Waals surface area contributed by atoms with Gasteiger partial charge in [-0.15, -0.1) is 0 Å². The summed E-state index contributed by atoms with van der Waals surface area (Å²) in [5.74, 6) is -0.320. The Kier molecular flexibility index (Phi) is 6.57. The number of carbonyl (C=O) groups excluding carboxylic acids is 2. The fraction of sp³-hybridized carbons (Fsp3) is 0.0938. The second kappa shape index (κ2) is 10.5. The van der Waals surface area contributed by atoms with Gasteiger partial charge in [0.25, 0.3) is 5.91 Å². The van der Waals surface area contributed by atoms with Gasteiger partial charge in [-0.3, -0.25) is 9.59 Å². The lowest BCUT2D eigenvalue weighted by Crippen LogP contribution is -2.13. The molecule has 1 aliphatic rings. The monoisotopic (exact) mass is 529 g/mol. The average molecular weight is 530 g/mol. The summed E-state index contributed by atoms with van der Waals surface area (Å²) in [5.41, 5.74) is 5.07. The summed E-state index contributed by atoms with van der Waals surface area (Å²) in [6.45, 7) is 3.49. The van der Waals surface area contributed by atoms with E-state index >= 15 is 4.39 Å². The van der Waals surface area contributed by atoms with E-state index < -0.39 is 11.7 Å². The second-order valence-corrected chi connectivity index (χ2v) is 9.66. The fourth-order valence-corrected chi connectivity index (χ4v) is 4.70. The maximum Gasteiger partial charge on any atom is 0.256 e. The summed E-state index contributed by atoms with van der Waals surface area (Å²) in [7, 11) is 0. The number of aromatic nitrogens is 3. The second-order valence-electron chi connectivity index (χ2n) is 9.66. The van der Waals surface area contributed by atoms with Gasteiger partial charge in [-0.05, 0) is 90.1 Å². The third-order valence-corrected chi connectivity index (χ3v) is 6.85. The first-order valence-corrected chi connectivity index (χ1v) is 12.8. The summed E-state index contributed by atoms with van der Waals surface area (Å²) in [5, 5.41) is 6.26. The minimum Gasteiger partial charge on any atom is -0.323 e. The molecule has 0 bridgehead atoms. The molecule has 2 aromatic heterocycles. The van der Waals surface area contributed by atoms with Crippen molar-refractivity contribution in [3.05, 3.63) is 115 Å². The predicted octanol–water partition coefficient (Wildman–Crippen LogP) is 6.75. The molecule has 0 atom stereocenters. The number of carbonyl (C=O) groups is 2. The minimum atomic E-state index is -0.540. The third-order valence-electron chi connectivity index (χ3n) is 6.85. The molecule has 3 aromatic carbocycles. The van der Waals surface area contributed by atoms with E-state index in [9.17, 15) is 9.59 Å². The van der Waals surface area contributed by atoms with Crippen LogP contribution in [-0.2, 0) is 4.79 Å². The molecule has 1 fully saturated rings. The molecular weight excluding hydrogens is 505 g/mol. The highest BCUT2D eigenvalue weighted by Gasteiger charge is 2.24. The molecule has 2 heterocycles. The molecule has 2 N–H and O–H groups in total. The Hall–Kier alpha value is -5.24. The smallest absolute Gasteiger partial charge is 0.256 e. The van der Waals surface area contributed by atoms with Crippen molar-refractivity contribution in [2.24, 2.45) is 0 Å². The molecule has 1 saturated carbocycles. The van der Waals surface area contributed by atoms with Crippen LogP contribution >= 0.6 is 0 Å². The summed E-state index contributed by atoms with van der Waals surface area (Å²) < 4.78 is 15.5. The number of nitrogens with one attached hydrogen (secondary N) is 2. The maximum absolute atomic E-state index is 15.5. The number of anilines is 2. The molecule has 0 saturated heterocycles. The lowest BCUT2D eigenvalue weighted by atomic mass is 9.95. The van der Waals surface area contributed by atoms with Gasteiger partial charge in [0.15, 0.2) is 0 Å². The van der Waals surface area contributed by atoms with Gasteiger partial charge in [0.2, 0.25) is 5.91 Å². The lowest BCUT2D eigenvalue weighted by Gasteiger charge is -2.13. The van der Waals surface area contributed by atoms with Crippen LogP contribution in [0.15, 0.2) is 98.1 Å². The average Bonchev–Trinajstić information content (AvgIpc) is 3.83. The van der Waals surface area contributed by atoms with Crippen LogP contribution in [0.5, 0.6) is 0 Å². The third kappa shape index (κ3) is 5.19. The highest BCUT2D eigenvalue weighted by molar-refractivity contribution is 6.04. The maximum atomic E-state index is 15.5. The van der Waals surface area contributed by atoms with E-state index in [4.69, 9.17) is 0 Å². The van der Waals surface area contributed by atoms with Crippen molar-refractivity contribution in [2.45, 2.75) is 18.8 Å². The highest BCUT2D eigenvalue weighted by Crippen LogP contribution is 2.40. The Bertz CT molecular complexity index is 1800. The highest BCUT2D eigenvalue weighted by atomic mass is 19.1. The molecule has 8 heteroatoms. The van der Waals surface area contributed by atoms with E-state index in [1.807, 2.05) is 42.5 Å². The van der Waals surface area contributed by atoms with Crippen LogP contribution in [0.25, 0.3) is 33.2 Å². The number of halogens is 1. The number of amides is 2. The Morgan fingerprint density at radius 1 is 0.925 bits per heavy atom.